The fourth-order valence-electron chi connectivity index (χ4n) is 3.10. The van der Waals surface area contributed by atoms with Crippen molar-refractivity contribution in [3.63, 3.8) is 0 Å². The Kier molecular flexibility index (Phi) is 4.37. The molecule has 1 aromatic carbocycles. The van der Waals surface area contributed by atoms with Crippen molar-refractivity contribution in [3.05, 3.63) is 75.3 Å². The molecule has 27 heavy (non-hydrogen) atoms. The van der Waals surface area contributed by atoms with Gasteiger partial charge in [0.15, 0.2) is 0 Å². The number of aromatic carboxylic acids is 1. The van der Waals surface area contributed by atoms with E-state index in [0.29, 0.717) is 28.2 Å². The van der Waals surface area contributed by atoms with Gasteiger partial charge in [0.25, 0.3) is 5.56 Å². The first kappa shape index (κ1) is 17.2. The Morgan fingerprint density at radius 3 is 2.85 bits per heavy atom. The fourth-order valence-corrected chi connectivity index (χ4v) is 4.03. The van der Waals surface area contributed by atoms with Crippen LogP contribution in [0.5, 0.6) is 0 Å². The lowest BCUT2D eigenvalue weighted by Gasteiger charge is -2.12. The zero-order chi connectivity index (χ0) is 19.0. The van der Waals surface area contributed by atoms with Gasteiger partial charge in [-0.15, -0.1) is 11.3 Å². The summed E-state index contributed by atoms with van der Waals surface area (Å²) >= 11 is 1.42. The van der Waals surface area contributed by atoms with Gasteiger partial charge in [-0.1, -0.05) is 19.1 Å². The van der Waals surface area contributed by atoms with Crippen LogP contribution >= 0.6 is 11.3 Å². The van der Waals surface area contributed by atoms with Gasteiger partial charge in [0.1, 0.15) is 16.4 Å². The van der Waals surface area contributed by atoms with Crippen LogP contribution in [0.25, 0.3) is 21.5 Å². The summed E-state index contributed by atoms with van der Waals surface area (Å²) in [5, 5.41) is 11.6. The van der Waals surface area contributed by atoms with Crippen LogP contribution in [-0.4, -0.2) is 20.6 Å². The maximum absolute atomic E-state index is 13.3. The van der Waals surface area contributed by atoms with Gasteiger partial charge >= 0.3 is 5.97 Å². The van der Waals surface area contributed by atoms with Crippen molar-refractivity contribution in [2.45, 2.75) is 19.9 Å². The molecule has 0 fully saturated rings. The second kappa shape index (κ2) is 6.85. The van der Waals surface area contributed by atoms with Crippen LogP contribution in [0.1, 0.15) is 28.7 Å². The predicted octanol–water partition coefficient (Wildman–Crippen LogP) is 4.03. The lowest BCUT2D eigenvalue weighted by Crippen LogP contribution is -2.25. The summed E-state index contributed by atoms with van der Waals surface area (Å²) in [7, 11) is 0. The van der Waals surface area contributed by atoms with E-state index in [4.69, 9.17) is 4.42 Å². The highest BCUT2D eigenvalue weighted by molar-refractivity contribution is 7.17. The molecule has 1 N–H and O–H groups in total. The SMILES string of the molecule is CCc1nc2scc(-c3ccco3)c2c(=O)n1Cc1cccc(C(=O)O)c1. The Hall–Kier alpha value is -3.19. The summed E-state index contributed by atoms with van der Waals surface area (Å²) in [4.78, 5) is 29.8. The molecule has 0 aliphatic heterocycles. The third-order valence-electron chi connectivity index (χ3n) is 4.39. The molecule has 0 radical (unpaired) electrons. The number of hydrogen-bond donors (Lipinski definition) is 1. The van der Waals surface area contributed by atoms with Crippen LogP contribution in [0, 0.1) is 0 Å². The van der Waals surface area contributed by atoms with Gasteiger partial charge in [-0.2, -0.15) is 0 Å². The van der Waals surface area contributed by atoms with Crippen LogP contribution < -0.4 is 5.56 Å². The molecule has 0 aliphatic rings. The maximum Gasteiger partial charge on any atom is 0.335 e. The molecule has 4 aromatic rings. The number of hydrogen-bond acceptors (Lipinski definition) is 5. The molecule has 0 unspecified atom stereocenters. The number of carboxylic acids is 1. The van der Waals surface area contributed by atoms with E-state index in [1.165, 1.54) is 17.4 Å². The normalized spacial score (nSPS) is 11.1. The smallest absolute Gasteiger partial charge is 0.335 e. The molecular weight excluding hydrogens is 364 g/mol. The first-order valence-corrected chi connectivity index (χ1v) is 9.33. The minimum Gasteiger partial charge on any atom is -0.478 e. The van der Waals surface area contributed by atoms with E-state index in [9.17, 15) is 14.7 Å². The van der Waals surface area contributed by atoms with Crippen molar-refractivity contribution >= 4 is 27.5 Å². The van der Waals surface area contributed by atoms with E-state index in [-0.39, 0.29) is 17.7 Å². The average Bonchev–Trinajstić information content (AvgIpc) is 3.33. The van der Waals surface area contributed by atoms with Gasteiger partial charge in [-0.05, 0) is 29.8 Å². The van der Waals surface area contributed by atoms with Crippen molar-refractivity contribution in [2.75, 3.05) is 0 Å². The minimum absolute atomic E-state index is 0.148. The number of fused-ring (bicyclic) bond motifs is 1. The molecule has 0 atom stereocenters. The summed E-state index contributed by atoms with van der Waals surface area (Å²) < 4.78 is 7.08. The first-order chi connectivity index (χ1) is 13.1. The third kappa shape index (κ3) is 3.06. The number of carboxylic acid groups (broad SMARTS) is 1. The van der Waals surface area contributed by atoms with Gasteiger partial charge < -0.3 is 9.52 Å². The van der Waals surface area contributed by atoms with Gasteiger partial charge in [-0.25, -0.2) is 9.78 Å². The Balaban J connectivity index is 1.88. The molecule has 7 heteroatoms. The molecule has 4 rings (SSSR count). The summed E-state index contributed by atoms with van der Waals surface area (Å²) in [6.45, 7) is 2.21. The lowest BCUT2D eigenvalue weighted by molar-refractivity contribution is 0.0696. The highest BCUT2D eigenvalue weighted by Crippen LogP contribution is 2.31. The number of nitrogens with zero attached hydrogens (tertiary/aromatic N) is 2. The molecule has 0 amide bonds. The van der Waals surface area contributed by atoms with Crippen LogP contribution in [0.15, 0.2) is 57.3 Å². The maximum atomic E-state index is 13.3. The number of rotatable bonds is 5. The van der Waals surface area contributed by atoms with E-state index < -0.39 is 5.97 Å². The molecule has 6 nitrogen and oxygen atoms in total. The van der Waals surface area contributed by atoms with Crippen LogP contribution in [-0.2, 0) is 13.0 Å². The second-order valence-corrected chi connectivity index (χ2v) is 6.94. The van der Waals surface area contributed by atoms with Gasteiger partial charge in [-0.3, -0.25) is 9.36 Å². The first-order valence-electron chi connectivity index (χ1n) is 8.45. The molecule has 136 valence electrons. The quantitative estimate of drug-likeness (QED) is 0.565. The predicted molar refractivity (Wildman–Crippen MR) is 103 cm³/mol. The Morgan fingerprint density at radius 2 is 2.15 bits per heavy atom. The molecule has 0 saturated carbocycles. The summed E-state index contributed by atoms with van der Waals surface area (Å²) in [6, 6.07) is 10.2. The van der Waals surface area contributed by atoms with Crippen LogP contribution in [0.2, 0.25) is 0 Å². The number of aromatic nitrogens is 2. The summed E-state index contributed by atoms with van der Waals surface area (Å²) in [5.74, 6) is 0.302. The zero-order valence-electron chi connectivity index (χ0n) is 14.5. The second-order valence-electron chi connectivity index (χ2n) is 6.09. The molecule has 3 heterocycles. The van der Waals surface area contributed by atoms with E-state index >= 15 is 0 Å². The zero-order valence-corrected chi connectivity index (χ0v) is 15.3. The van der Waals surface area contributed by atoms with Gasteiger partial charge in [0, 0.05) is 17.4 Å². The standard InChI is InChI=1S/C20H16N2O4S/c1-2-16-21-18-17(14(11-27-18)15-7-4-8-26-15)19(23)22(16)10-12-5-3-6-13(9-12)20(24)25/h3-9,11H,2,10H2,1H3,(H,24,25). The van der Waals surface area contributed by atoms with Crippen molar-refractivity contribution in [2.24, 2.45) is 0 Å². The van der Waals surface area contributed by atoms with Crippen molar-refractivity contribution in [1.29, 1.82) is 0 Å². The van der Waals surface area contributed by atoms with Crippen LogP contribution in [0.4, 0.5) is 0 Å². The number of benzene rings is 1. The number of furan rings is 1. The van der Waals surface area contributed by atoms with Crippen molar-refractivity contribution in [1.82, 2.24) is 9.55 Å². The molecular formula is C20H16N2O4S. The molecule has 0 bridgehead atoms. The monoisotopic (exact) mass is 380 g/mol. The molecule has 0 aliphatic carbocycles. The van der Waals surface area contributed by atoms with Gasteiger partial charge in [0.05, 0.1) is 23.8 Å². The summed E-state index contributed by atoms with van der Waals surface area (Å²) in [6.07, 6.45) is 2.17. The summed E-state index contributed by atoms with van der Waals surface area (Å²) in [5.41, 5.74) is 1.51. The Bertz CT molecular complexity index is 1190. The van der Waals surface area contributed by atoms with E-state index in [1.54, 1.807) is 29.0 Å². The van der Waals surface area contributed by atoms with E-state index in [2.05, 4.69) is 4.98 Å². The minimum atomic E-state index is -0.994. The van der Waals surface area contributed by atoms with E-state index in [1.807, 2.05) is 24.4 Å². The van der Waals surface area contributed by atoms with E-state index in [0.717, 1.165) is 11.1 Å². The molecule has 0 spiro atoms. The highest BCUT2D eigenvalue weighted by Gasteiger charge is 2.18. The third-order valence-corrected chi connectivity index (χ3v) is 5.26. The number of carbonyl (C=O) groups is 1. The highest BCUT2D eigenvalue weighted by atomic mass is 32.1. The Labute approximate surface area is 158 Å². The largest absolute Gasteiger partial charge is 0.478 e. The van der Waals surface area contributed by atoms with Crippen molar-refractivity contribution in [3.8, 4) is 11.3 Å². The molecule has 3 aromatic heterocycles. The topological polar surface area (TPSA) is 85.3 Å². The van der Waals surface area contributed by atoms with Crippen molar-refractivity contribution < 1.29 is 14.3 Å². The average molecular weight is 380 g/mol. The number of aryl methyl sites for hydroxylation is 1. The number of thiophene rings is 1. The van der Waals surface area contributed by atoms with Crippen LogP contribution in [0.3, 0.4) is 0 Å². The Morgan fingerprint density at radius 1 is 1.30 bits per heavy atom. The van der Waals surface area contributed by atoms with Gasteiger partial charge in [0.2, 0.25) is 0 Å². The lowest BCUT2D eigenvalue weighted by atomic mass is 10.1. The fraction of sp³-hybridized carbons (Fsp3) is 0.150. The molecule has 0 saturated heterocycles.